The summed E-state index contributed by atoms with van der Waals surface area (Å²) in [6.07, 6.45) is 5.06. The van der Waals surface area contributed by atoms with Crippen LogP contribution >= 0.6 is 11.3 Å². The van der Waals surface area contributed by atoms with Gasteiger partial charge in [-0.25, -0.2) is 0 Å². The predicted octanol–water partition coefficient (Wildman–Crippen LogP) is 3.11. The number of aliphatic hydroxyl groups excluding tert-OH is 1. The van der Waals surface area contributed by atoms with Gasteiger partial charge in [-0.1, -0.05) is 20.3 Å². The Morgan fingerprint density at radius 1 is 1.50 bits per heavy atom. The fourth-order valence-corrected chi connectivity index (χ4v) is 4.22. The minimum atomic E-state index is 0.187. The monoisotopic (exact) mass is 295 g/mol. The largest absolute Gasteiger partial charge is 0.396 e. The number of hydrogen-bond donors (Lipinski definition) is 1. The highest BCUT2D eigenvalue weighted by atomic mass is 32.1. The van der Waals surface area contributed by atoms with Crippen molar-refractivity contribution in [3.05, 3.63) is 21.4 Å². The second-order valence-corrected chi connectivity index (χ2v) is 6.72. The van der Waals surface area contributed by atoms with Gasteiger partial charge in [0, 0.05) is 24.6 Å². The first-order valence-electron chi connectivity index (χ1n) is 7.71. The lowest BCUT2D eigenvalue weighted by molar-refractivity contribution is 0.0789. The molecule has 0 aromatic carbocycles. The lowest BCUT2D eigenvalue weighted by atomic mass is 10.1. The van der Waals surface area contributed by atoms with Crippen molar-refractivity contribution in [3.63, 3.8) is 0 Å². The number of likely N-dealkylation sites (tertiary alicyclic amines) is 1. The number of carbonyl (C=O) groups excluding carboxylic acids is 1. The van der Waals surface area contributed by atoms with Gasteiger partial charge in [-0.05, 0) is 43.2 Å². The van der Waals surface area contributed by atoms with Crippen LogP contribution in [0.1, 0.15) is 53.2 Å². The van der Waals surface area contributed by atoms with E-state index in [1.165, 1.54) is 10.4 Å². The molecule has 0 aliphatic carbocycles. The van der Waals surface area contributed by atoms with Gasteiger partial charge in [0.2, 0.25) is 0 Å². The molecule has 1 saturated heterocycles. The zero-order valence-electron chi connectivity index (χ0n) is 12.5. The predicted molar refractivity (Wildman–Crippen MR) is 83.4 cm³/mol. The number of thiophene rings is 1. The maximum Gasteiger partial charge on any atom is 0.263 e. The van der Waals surface area contributed by atoms with Crippen LogP contribution in [0, 0.1) is 5.92 Å². The first-order chi connectivity index (χ1) is 9.69. The smallest absolute Gasteiger partial charge is 0.263 e. The van der Waals surface area contributed by atoms with Crippen molar-refractivity contribution in [2.75, 3.05) is 19.7 Å². The molecule has 0 radical (unpaired) electrons. The molecule has 1 unspecified atom stereocenters. The third kappa shape index (κ3) is 3.41. The summed E-state index contributed by atoms with van der Waals surface area (Å²) in [5.74, 6) is 0.664. The Bertz CT molecular complexity index is 455. The number of aryl methyl sites for hydroxylation is 2. The van der Waals surface area contributed by atoms with Crippen LogP contribution in [0.15, 0.2) is 6.07 Å². The molecule has 1 aromatic rings. The number of carbonyl (C=O) groups is 1. The van der Waals surface area contributed by atoms with Crippen molar-refractivity contribution < 1.29 is 9.90 Å². The van der Waals surface area contributed by atoms with Gasteiger partial charge < -0.3 is 10.0 Å². The lowest BCUT2D eigenvalue weighted by Crippen LogP contribution is -2.28. The highest BCUT2D eigenvalue weighted by Crippen LogP contribution is 2.28. The molecule has 3 nitrogen and oxygen atoms in total. The molecule has 0 bridgehead atoms. The van der Waals surface area contributed by atoms with Gasteiger partial charge in [0.1, 0.15) is 0 Å². The van der Waals surface area contributed by atoms with Crippen LogP contribution in [-0.2, 0) is 12.8 Å². The van der Waals surface area contributed by atoms with E-state index >= 15 is 0 Å². The van der Waals surface area contributed by atoms with Crippen LogP contribution in [0.4, 0.5) is 0 Å². The van der Waals surface area contributed by atoms with Crippen molar-refractivity contribution >= 4 is 17.2 Å². The average molecular weight is 295 g/mol. The summed E-state index contributed by atoms with van der Waals surface area (Å²) in [6.45, 7) is 6.21. The van der Waals surface area contributed by atoms with Gasteiger partial charge >= 0.3 is 0 Å². The van der Waals surface area contributed by atoms with E-state index in [1.54, 1.807) is 11.3 Å². The van der Waals surface area contributed by atoms with Gasteiger partial charge in [-0.3, -0.25) is 4.79 Å². The summed E-state index contributed by atoms with van der Waals surface area (Å²) in [4.78, 5) is 16.8. The van der Waals surface area contributed by atoms with E-state index in [4.69, 9.17) is 5.11 Å². The molecule has 2 rings (SSSR count). The molecule has 0 spiro atoms. The summed E-state index contributed by atoms with van der Waals surface area (Å²) < 4.78 is 0. The highest BCUT2D eigenvalue weighted by molar-refractivity contribution is 7.14. The van der Waals surface area contributed by atoms with E-state index in [0.717, 1.165) is 50.1 Å². The number of rotatable bonds is 6. The second-order valence-electron chi connectivity index (χ2n) is 5.58. The molecule has 1 aromatic heterocycles. The van der Waals surface area contributed by atoms with E-state index in [0.29, 0.717) is 5.92 Å². The third-order valence-corrected chi connectivity index (χ3v) is 5.30. The highest BCUT2D eigenvalue weighted by Gasteiger charge is 2.27. The quantitative estimate of drug-likeness (QED) is 0.876. The summed E-state index contributed by atoms with van der Waals surface area (Å²) in [5.41, 5.74) is 1.34. The molecule has 0 saturated carbocycles. The van der Waals surface area contributed by atoms with Gasteiger partial charge in [-0.15, -0.1) is 11.3 Å². The molecule has 1 fully saturated rings. The Labute approximate surface area is 125 Å². The molecule has 1 atom stereocenters. The second kappa shape index (κ2) is 7.23. The lowest BCUT2D eigenvalue weighted by Gasteiger charge is -2.15. The van der Waals surface area contributed by atoms with E-state index in [1.807, 2.05) is 4.90 Å². The molecule has 1 aliphatic rings. The Morgan fingerprint density at radius 3 is 2.95 bits per heavy atom. The maximum atomic E-state index is 12.6. The van der Waals surface area contributed by atoms with Crippen LogP contribution in [0.5, 0.6) is 0 Å². The molecule has 1 N–H and O–H groups in total. The number of nitrogens with zero attached hydrogens (tertiary/aromatic N) is 1. The minimum Gasteiger partial charge on any atom is -0.396 e. The summed E-state index contributed by atoms with van der Waals surface area (Å²) in [7, 11) is 0. The van der Waals surface area contributed by atoms with Gasteiger partial charge in [0.15, 0.2) is 0 Å². The van der Waals surface area contributed by atoms with Crippen molar-refractivity contribution in [1.29, 1.82) is 0 Å². The Hall–Kier alpha value is -0.870. The van der Waals surface area contributed by atoms with Gasteiger partial charge in [0.25, 0.3) is 5.91 Å². The average Bonchev–Trinajstić information content (AvgIpc) is 3.06. The normalized spacial score (nSPS) is 18.8. The van der Waals surface area contributed by atoms with E-state index in [-0.39, 0.29) is 12.5 Å². The van der Waals surface area contributed by atoms with Gasteiger partial charge in [0.05, 0.1) is 4.88 Å². The molecule has 1 aliphatic heterocycles. The van der Waals surface area contributed by atoms with Crippen LogP contribution in [-0.4, -0.2) is 35.6 Å². The van der Waals surface area contributed by atoms with E-state index in [9.17, 15) is 4.79 Å². The van der Waals surface area contributed by atoms with E-state index in [2.05, 4.69) is 19.9 Å². The van der Waals surface area contributed by atoms with Crippen LogP contribution in [0.2, 0.25) is 0 Å². The van der Waals surface area contributed by atoms with Crippen LogP contribution in [0.25, 0.3) is 0 Å². The summed E-state index contributed by atoms with van der Waals surface area (Å²) in [6, 6.07) is 2.09. The molecular weight excluding hydrogens is 270 g/mol. The topological polar surface area (TPSA) is 40.5 Å². The van der Waals surface area contributed by atoms with Crippen LogP contribution in [0.3, 0.4) is 0 Å². The fraction of sp³-hybridized carbons (Fsp3) is 0.688. The van der Waals surface area contributed by atoms with Crippen molar-refractivity contribution in [2.45, 2.75) is 46.0 Å². The Balaban J connectivity index is 2.06. The first kappa shape index (κ1) is 15.5. The molecule has 1 amide bonds. The Morgan fingerprint density at radius 2 is 2.30 bits per heavy atom. The zero-order valence-corrected chi connectivity index (χ0v) is 13.3. The summed E-state index contributed by atoms with van der Waals surface area (Å²) >= 11 is 1.68. The molecular formula is C16H25NO2S. The number of hydrogen-bond acceptors (Lipinski definition) is 3. The fourth-order valence-electron chi connectivity index (χ4n) is 2.90. The SMILES string of the molecule is CCCc1sc(C(=O)N2CCC(CCO)C2)cc1CC. The maximum absolute atomic E-state index is 12.6. The minimum absolute atomic E-state index is 0.187. The van der Waals surface area contributed by atoms with Crippen molar-refractivity contribution in [3.8, 4) is 0 Å². The number of aliphatic hydroxyl groups is 1. The van der Waals surface area contributed by atoms with Gasteiger partial charge in [-0.2, -0.15) is 0 Å². The zero-order chi connectivity index (χ0) is 14.5. The standard InChI is InChI=1S/C16H25NO2S/c1-3-5-14-13(4-2)10-15(20-14)16(19)17-8-6-12(11-17)7-9-18/h10,12,18H,3-9,11H2,1-2H3. The molecule has 4 heteroatoms. The Kier molecular flexibility index (Phi) is 5.61. The summed E-state index contributed by atoms with van der Waals surface area (Å²) in [5, 5.41) is 9.00. The van der Waals surface area contributed by atoms with Crippen molar-refractivity contribution in [2.24, 2.45) is 5.92 Å². The van der Waals surface area contributed by atoms with Crippen LogP contribution < -0.4 is 0 Å². The van der Waals surface area contributed by atoms with Crippen molar-refractivity contribution in [1.82, 2.24) is 4.90 Å². The molecule has 112 valence electrons. The number of amides is 1. The van der Waals surface area contributed by atoms with E-state index < -0.39 is 0 Å². The third-order valence-electron chi connectivity index (χ3n) is 4.08. The molecule has 20 heavy (non-hydrogen) atoms. The first-order valence-corrected chi connectivity index (χ1v) is 8.52. The molecule has 2 heterocycles.